The van der Waals surface area contributed by atoms with Crippen LogP contribution >= 0.6 is 0 Å². The molecule has 4 nitrogen and oxygen atoms in total. The maximum atomic E-state index is 10.6. The Bertz CT molecular complexity index is 580. The summed E-state index contributed by atoms with van der Waals surface area (Å²) in [4.78, 5) is 10.6. The molecule has 0 bridgehead atoms. The number of fused-ring (bicyclic) bond motifs is 1. The molecule has 106 valence electrons. The zero-order chi connectivity index (χ0) is 14.7. The highest BCUT2D eigenvalue weighted by Crippen LogP contribution is 2.34. The first kappa shape index (κ1) is 14.3. The lowest BCUT2D eigenvalue weighted by atomic mass is 10.00. The van der Waals surface area contributed by atoms with Gasteiger partial charge in [-0.15, -0.1) is 0 Å². The van der Waals surface area contributed by atoms with Crippen LogP contribution in [0.4, 0.5) is 0 Å². The molecule has 0 saturated heterocycles. The van der Waals surface area contributed by atoms with Crippen molar-refractivity contribution >= 4 is 12.0 Å². The van der Waals surface area contributed by atoms with Crippen LogP contribution in [0.5, 0.6) is 5.75 Å². The van der Waals surface area contributed by atoms with Gasteiger partial charge in [0, 0.05) is 18.1 Å². The van der Waals surface area contributed by atoms with Gasteiger partial charge in [-0.3, -0.25) is 0 Å². The predicted octanol–water partition coefficient (Wildman–Crippen LogP) is 2.55. The number of carboxylic acid groups (broad SMARTS) is 1. The van der Waals surface area contributed by atoms with Crippen molar-refractivity contribution in [3.8, 4) is 5.75 Å². The molecular formula is C16H18O4. The highest BCUT2D eigenvalue weighted by molar-refractivity contribution is 5.85. The Morgan fingerprint density at radius 3 is 2.85 bits per heavy atom. The van der Waals surface area contributed by atoms with E-state index in [0.717, 1.165) is 28.5 Å². The average Bonchev–Trinajstić information content (AvgIpc) is 2.73. The molecule has 0 amide bonds. The Morgan fingerprint density at radius 1 is 1.45 bits per heavy atom. The van der Waals surface area contributed by atoms with Crippen LogP contribution in [-0.2, 0) is 17.6 Å². The molecule has 2 rings (SSSR count). The van der Waals surface area contributed by atoms with Crippen molar-refractivity contribution in [3.63, 3.8) is 0 Å². The number of benzene rings is 1. The van der Waals surface area contributed by atoms with Gasteiger partial charge in [-0.2, -0.15) is 0 Å². The molecule has 1 aliphatic rings. The van der Waals surface area contributed by atoms with E-state index in [1.165, 1.54) is 5.57 Å². The minimum Gasteiger partial charge on any atom is -0.478 e. The van der Waals surface area contributed by atoms with Crippen molar-refractivity contribution in [2.45, 2.75) is 33.0 Å². The van der Waals surface area contributed by atoms with Crippen molar-refractivity contribution < 1.29 is 19.7 Å². The molecule has 0 aliphatic carbocycles. The number of hydrogen-bond donors (Lipinski definition) is 2. The van der Waals surface area contributed by atoms with Gasteiger partial charge < -0.3 is 14.9 Å². The summed E-state index contributed by atoms with van der Waals surface area (Å²) in [6.07, 6.45) is 5.07. The molecule has 1 aromatic carbocycles. The molecule has 0 unspecified atom stereocenters. The average molecular weight is 274 g/mol. The van der Waals surface area contributed by atoms with Gasteiger partial charge in [0.25, 0.3) is 0 Å². The number of aliphatic hydroxyl groups excluding tert-OH is 1. The van der Waals surface area contributed by atoms with E-state index in [0.29, 0.717) is 12.8 Å². The molecule has 0 fully saturated rings. The molecule has 0 radical (unpaired) electrons. The Balaban J connectivity index is 2.38. The summed E-state index contributed by atoms with van der Waals surface area (Å²) in [5.41, 5.74) is 3.89. The number of rotatable bonds is 4. The van der Waals surface area contributed by atoms with Crippen LogP contribution in [0.25, 0.3) is 6.08 Å². The second-order valence-corrected chi connectivity index (χ2v) is 5.10. The van der Waals surface area contributed by atoms with Gasteiger partial charge in [0.15, 0.2) is 0 Å². The fourth-order valence-corrected chi connectivity index (χ4v) is 2.18. The standard InChI is InChI=1S/C16H18O4/c1-10(2)3-5-12-7-11(4-6-14(17)18)8-13-9-15(19)20-16(12)13/h3-4,6-8,15,19H,5,9H2,1-2H3,(H,17,18)/b6-4+/t15-/m0/s1. The molecule has 1 atom stereocenters. The molecule has 0 saturated carbocycles. The van der Waals surface area contributed by atoms with E-state index in [-0.39, 0.29) is 0 Å². The van der Waals surface area contributed by atoms with Crippen LogP contribution in [0.15, 0.2) is 29.9 Å². The number of carboxylic acids is 1. The SMILES string of the molecule is CC(C)=CCc1cc(/C=C/C(=O)O)cc2c1O[C@H](O)C2. The van der Waals surface area contributed by atoms with Gasteiger partial charge in [0.1, 0.15) is 5.75 Å². The zero-order valence-corrected chi connectivity index (χ0v) is 11.6. The molecule has 2 N–H and O–H groups in total. The quantitative estimate of drug-likeness (QED) is 0.654. The zero-order valence-electron chi connectivity index (χ0n) is 11.6. The summed E-state index contributed by atoms with van der Waals surface area (Å²) in [5.74, 6) is -0.255. The monoisotopic (exact) mass is 274 g/mol. The number of ether oxygens (including phenoxy) is 1. The Morgan fingerprint density at radius 2 is 2.20 bits per heavy atom. The number of hydrogen-bond acceptors (Lipinski definition) is 3. The number of allylic oxidation sites excluding steroid dienone is 2. The maximum absolute atomic E-state index is 10.6. The molecule has 20 heavy (non-hydrogen) atoms. The molecule has 4 heteroatoms. The molecule has 1 aromatic rings. The second-order valence-electron chi connectivity index (χ2n) is 5.10. The molecule has 0 aromatic heterocycles. The molecule has 1 heterocycles. The number of aliphatic carboxylic acids is 1. The van der Waals surface area contributed by atoms with E-state index in [4.69, 9.17) is 9.84 Å². The Labute approximate surface area is 118 Å². The van der Waals surface area contributed by atoms with Crippen LogP contribution in [0.1, 0.15) is 30.5 Å². The third-order valence-electron chi connectivity index (χ3n) is 3.06. The summed E-state index contributed by atoms with van der Waals surface area (Å²) in [6, 6.07) is 3.76. The van der Waals surface area contributed by atoms with Gasteiger partial charge >= 0.3 is 5.97 Å². The molecule has 1 aliphatic heterocycles. The van der Waals surface area contributed by atoms with Crippen molar-refractivity contribution in [2.24, 2.45) is 0 Å². The highest BCUT2D eigenvalue weighted by atomic mass is 16.6. The lowest BCUT2D eigenvalue weighted by Gasteiger charge is -2.09. The minimum absolute atomic E-state index is 0.436. The molecular weight excluding hydrogens is 256 g/mol. The van der Waals surface area contributed by atoms with E-state index >= 15 is 0 Å². The summed E-state index contributed by atoms with van der Waals surface area (Å²) < 4.78 is 5.44. The summed E-state index contributed by atoms with van der Waals surface area (Å²) in [6.45, 7) is 4.04. The van der Waals surface area contributed by atoms with Crippen molar-refractivity contribution in [1.29, 1.82) is 0 Å². The fourth-order valence-electron chi connectivity index (χ4n) is 2.18. The van der Waals surface area contributed by atoms with Crippen molar-refractivity contribution in [1.82, 2.24) is 0 Å². The fraction of sp³-hybridized carbons (Fsp3) is 0.312. The third kappa shape index (κ3) is 3.48. The normalized spacial score (nSPS) is 16.9. The van der Waals surface area contributed by atoms with E-state index in [2.05, 4.69) is 6.08 Å². The smallest absolute Gasteiger partial charge is 0.328 e. The van der Waals surface area contributed by atoms with Crippen LogP contribution in [0, 0.1) is 0 Å². The topological polar surface area (TPSA) is 66.8 Å². The summed E-state index contributed by atoms with van der Waals surface area (Å²) >= 11 is 0. The highest BCUT2D eigenvalue weighted by Gasteiger charge is 2.23. The van der Waals surface area contributed by atoms with E-state index < -0.39 is 12.3 Å². The van der Waals surface area contributed by atoms with E-state index in [9.17, 15) is 9.90 Å². The lowest BCUT2D eigenvalue weighted by Crippen LogP contribution is -2.10. The minimum atomic E-state index is -0.979. The van der Waals surface area contributed by atoms with Crippen LogP contribution in [-0.4, -0.2) is 22.5 Å². The Hall–Kier alpha value is -2.07. The van der Waals surface area contributed by atoms with Crippen LogP contribution in [0.3, 0.4) is 0 Å². The predicted molar refractivity (Wildman–Crippen MR) is 76.6 cm³/mol. The Kier molecular flexibility index (Phi) is 4.25. The second kappa shape index (κ2) is 5.92. The van der Waals surface area contributed by atoms with Gasteiger partial charge in [-0.1, -0.05) is 11.6 Å². The number of carbonyl (C=O) groups is 1. The van der Waals surface area contributed by atoms with Crippen LogP contribution in [0.2, 0.25) is 0 Å². The number of aliphatic hydroxyl groups is 1. The first-order chi connectivity index (χ1) is 9.45. The first-order valence-corrected chi connectivity index (χ1v) is 6.50. The van der Waals surface area contributed by atoms with Gasteiger partial charge in [-0.25, -0.2) is 4.79 Å². The van der Waals surface area contributed by atoms with Gasteiger partial charge in [0.2, 0.25) is 6.29 Å². The van der Waals surface area contributed by atoms with Gasteiger partial charge in [-0.05, 0) is 49.6 Å². The van der Waals surface area contributed by atoms with Crippen molar-refractivity contribution in [3.05, 3.63) is 46.5 Å². The van der Waals surface area contributed by atoms with Gasteiger partial charge in [0.05, 0.1) is 0 Å². The summed E-state index contributed by atoms with van der Waals surface area (Å²) in [5, 5.41) is 18.3. The maximum Gasteiger partial charge on any atom is 0.328 e. The van der Waals surface area contributed by atoms with Crippen LogP contribution < -0.4 is 4.74 Å². The van der Waals surface area contributed by atoms with Crippen molar-refractivity contribution in [2.75, 3.05) is 0 Å². The van der Waals surface area contributed by atoms with E-state index in [1.54, 1.807) is 6.08 Å². The summed E-state index contributed by atoms with van der Waals surface area (Å²) in [7, 11) is 0. The largest absolute Gasteiger partial charge is 0.478 e. The first-order valence-electron chi connectivity index (χ1n) is 6.50. The lowest BCUT2D eigenvalue weighted by molar-refractivity contribution is -0.131. The van der Waals surface area contributed by atoms with E-state index in [1.807, 2.05) is 26.0 Å². The molecule has 0 spiro atoms. The third-order valence-corrected chi connectivity index (χ3v) is 3.06.